The van der Waals surface area contributed by atoms with Gasteiger partial charge in [0.2, 0.25) is 11.8 Å². The van der Waals surface area contributed by atoms with E-state index in [0.29, 0.717) is 30.2 Å². The van der Waals surface area contributed by atoms with Crippen LogP contribution in [0.3, 0.4) is 0 Å². The second-order valence-corrected chi connectivity index (χ2v) is 10.7. The Morgan fingerprint density at radius 2 is 1.61 bits per heavy atom. The smallest absolute Gasteiger partial charge is 0.243 e. The van der Waals surface area contributed by atoms with Crippen LogP contribution < -0.4 is 5.32 Å². The summed E-state index contributed by atoms with van der Waals surface area (Å²) in [6, 6.07) is 25.1. The number of rotatable bonds is 12. The zero-order valence-corrected chi connectivity index (χ0v) is 22.8. The van der Waals surface area contributed by atoms with E-state index in [-0.39, 0.29) is 17.9 Å². The largest absolute Gasteiger partial charge is 0.352 e. The van der Waals surface area contributed by atoms with Crippen molar-refractivity contribution in [3.05, 3.63) is 101 Å². The van der Waals surface area contributed by atoms with Crippen LogP contribution in [0.25, 0.3) is 0 Å². The Labute approximate surface area is 224 Å². The molecule has 36 heavy (non-hydrogen) atoms. The summed E-state index contributed by atoms with van der Waals surface area (Å²) in [4.78, 5) is 30.0. The standard InChI is InChI=1S/C30H35ClN2O2S/c1-4-23(3)32-30(35)28(20-24-8-6-5-7-9-24)33(21-25-12-10-22(2)11-13-25)29(34)18-19-36-27-16-14-26(31)15-17-27/h5-17,23,28H,4,18-21H2,1-3H3,(H,32,35)/t23-,28+/m1/s1. The molecule has 0 aliphatic heterocycles. The first kappa shape index (κ1) is 27.8. The molecular formula is C30H35ClN2O2S. The number of nitrogens with zero attached hydrogens (tertiary/aromatic N) is 1. The van der Waals surface area contributed by atoms with Crippen LogP contribution in [0, 0.1) is 6.92 Å². The molecule has 3 aromatic rings. The molecule has 0 heterocycles. The highest BCUT2D eigenvalue weighted by Gasteiger charge is 2.30. The van der Waals surface area contributed by atoms with Gasteiger partial charge >= 0.3 is 0 Å². The minimum Gasteiger partial charge on any atom is -0.352 e. The van der Waals surface area contributed by atoms with E-state index >= 15 is 0 Å². The minimum atomic E-state index is -0.601. The van der Waals surface area contributed by atoms with E-state index in [1.807, 2.05) is 99.6 Å². The summed E-state index contributed by atoms with van der Waals surface area (Å²) in [6.45, 7) is 6.46. The average molecular weight is 523 g/mol. The van der Waals surface area contributed by atoms with E-state index in [2.05, 4.69) is 5.32 Å². The van der Waals surface area contributed by atoms with Crippen molar-refractivity contribution >= 4 is 35.2 Å². The summed E-state index contributed by atoms with van der Waals surface area (Å²) >= 11 is 7.61. The summed E-state index contributed by atoms with van der Waals surface area (Å²) < 4.78 is 0. The summed E-state index contributed by atoms with van der Waals surface area (Å²) in [5.41, 5.74) is 3.19. The highest BCUT2D eigenvalue weighted by molar-refractivity contribution is 7.99. The van der Waals surface area contributed by atoms with Crippen molar-refractivity contribution in [2.75, 3.05) is 5.75 Å². The summed E-state index contributed by atoms with van der Waals surface area (Å²) in [5, 5.41) is 3.81. The van der Waals surface area contributed by atoms with Gasteiger partial charge in [-0.25, -0.2) is 0 Å². The van der Waals surface area contributed by atoms with Crippen molar-refractivity contribution in [2.45, 2.75) is 63.6 Å². The summed E-state index contributed by atoms with van der Waals surface area (Å²) in [7, 11) is 0. The number of halogens is 1. The van der Waals surface area contributed by atoms with Crippen molar-refractivity contribution in [3.8, 4) is 0 Å². The molecule has 4 nitrogen and oxygen atoms in total. The molecule has 0 aromatic heterocycles. The summed E-state index contributed by atoms with van der Waals surface area (Å²) in [5.74, 6) is 0.479. The molecule has 3 aromatic carbocycles. The first-order valence-corrected chi connectivity index (χ1v) is 13.8. The predicted molar refractivity (Wildman–Crippen MR) is 150 cm³/mol. The van der Waals surface area contributed by atoms with E-state index in [9.17, 15) is 9.59 Å². The van der Waals surface area contributed by atoms with Crippen LogP contribution in [0.1, 0.15) is 43.4 Å². The fourth-order valence-corrected chi connectivity index (χ4v) is 4.78. The van der Waals surface area contributed by atoms with Crippen molar-refractivity contribution in [1.82, 2.24) is 10.2 Å². The Kier molecular flexibility index (Phi) is 10.9. The Bertz CT molecular complexity index is 1100. The van der Waals surface area contributed by atoms with Gasteiger partial charge in [-0.15, -0.1) is 11.8 Å². The maximum Gasteiger partial charge on any atom is 0.243 e. The van der Waals surface area contributed by atoms with Crippen molar-refractivity contribution in [1.29, 1.82) is 0 Å². The number of hydrogen-bond donors (Lipinski definition) is 1. The van der Waals surface area contributed by atoms with Crippen LogP contribution in [-0.2, 0) is 22.6 Å². The number of amides is 2. The second kappa shape index (κ2) is 14.1. The third-order valence-electron chi connectivity index (χ3n) is 6.14. The fourth-order valence-electron chi connectivity index (χ4n) is 3.82. The lowest BCUT2D eigenvalue weighted by molar-refractivity contribution is -0.141. The SMILES string of the molecule is CC[C@@H](C)NC(=O)[C@H](Cc1ccccc1)N(Cc1ccc(C)cc1)C(=O)CCSc1ccc(Cl)cc1. The number of aryl methyl sites for hydroxylation is 1. The van der Waals surface area contributed by atoms with Crippen LogP contribution in [0.2, 0.25) is 5.02 Å². The molecular weight excluding hydrogens is 488 g/mol. The molecule has 2 amide bonds. The van der Waals surface area contributed by atoms with Gasteiger partial charge in [-0.3, -0.25) is 9.59 Å². The normalized spacial score (nSPS) is 12.6. The van der Waals surface area contributed by atoms with Crippen molar-refractivity contribution in [3.63, 3.8) is 0 Å². The molecule has 6 heteroatoms. The lowest BCUT2D eigenvalue weighted by atomic mass is 10.0. The van der Waals surface area contributed by atoms with Crippen molar-refractivity contribution in [2.24, 2.45) is 0 Å². The maximum absolute atomic E-state index is 13.7. The third kappa shape index (κ3) is 8.72. The molecule has 0 bridgehead atoms. The van der Waals surface area contributed by atoms with Crippen LogP contribution in [-0.4, -0.2) is 34.6 Å². The Balaban J connectivity index is 1.84. The number of thioether (sulfide) groups is 1. The van der Waals surface area contributed by atoms with Crippen LogP contribution >= 0.6 is 23.4 Å². The average Bonchev–Trinajstić information content (AvgIpc) is 2.88. The molecule has 0 saturated carbocycles. The van der Waals surface area contributed by atoms with Gasteiger partial charge in [-0.1, -0.05) is 78.7 Å². The minimum absolute atomic E-state index is 0.0303. The second-order valence-electron chi connectivity index (χ2n) is 9.08. The molecule has 1 N–H and O–H groups in total. The number of carbonyl (C=O) groups is 2. The predicted octanol–water partition coefficient (Wildman–Crippen LogP) is 6.69. The van der Waals surface area contributed by atoms with E-state index in [1.165, 1.54) is 0 Å². The van der Waals surface area contributed by atoms with Gasteiger partial charge < -0.3 is 10.2 Å². The topological polar surface area (TPSA) is 49.4 Å². The summed E-state index contributed by atoms with van der Waals surface area (Å²) in [6.07, 6.45) is 1.62. The van der Waals surface area contributed by atoms with Crippen molar-refractivity contribution < 1.29 is 9.59 Å². The van der Waals surface area contributed by atoms with Gasteiger partial charge in [0.25, 0.3) is 0 Å². The first-order chi connectivity index (χ1) is 17.4. The Hall–Kier alpha value is -2.76. The molecule has 2 atom stereocenters. The number of hydrogen-bond acceptors (Lipinski definition) is 3. The third-order valence-corrected chi connectivity index (χ3v) is 7.41. The van der Waals surface area contributed by atoms with Gasteiger partial charge in [-0.2, -0.15) is 0 Å². The molecule has 0 saturated heterocycles. The maximum atomic E-state index is 13.7. The molecule has 3 rings (SSSR count). The lowest BCUT2D eigenvalue weighted by Gasteiger charge is -2.32. The highest BCUT2D eigenvalue weighted by atomic mass is 35.5. The highest BCUT2D eigenvalue weighted by Crippen LogP contribution is 2.23. The van der Waals surface area contributed by atoms with E-state index in [1.54, 1.807) is 16.7 Å². The van der Waals surface area contributed by atoms with Gasteiger partial charge in [0, 0.05) is 41.1 Å². The number of benzene rings is 3. The monoisotopic (exact) mass is 522 g/mol. The quantitative estimate of drug-likeness (QED) is 0.270. The molecule has 0 fully saturated rings. The molecule has 0 aliphatic carbocycles. The lowest BCUT2D eigenvalue weighted by Crippen LogP contribution is -2.52. The van der Waals surface area contributed by atoms with Gasteiger partial charge in [0.15, 0.2) is 0 Å². The number of nitrogens with one attached hydrogen (secondary N) is 1. The first-order valence-electron chi connectivity index (χ1n) is 12.4. The van der Waals surface area contributed by atoms with Gasteiger partial charge in [-0.05, 0) is 55.7 Å². The van der Waals surface area contributed by atoms with Crippen LogP contribution in [0.5, 0.6) is 0 Å². The molecule has 0 spiro atoms. The zero-order chi connectivity index (χ0) is 25.9. The van der Waals surface area contributed by atoms with Crippen LogP contribution in [0.15, 0.2) is 83.8 Å². The Morgan fingerprint density at radius 3 is 2.25 bits per heavy atom. The molecule has 190 valence electrons. The Morgan fingerprint density at radius 1 is 0.944 bits per heavy atom. The zero-order valence-electron chi connectivity index (χ0n) is 21.2. The van der Waals surface area contributed by atoms with E-state index < -0.39 is 6.04 Å². The van der Waals surface area contributed by atoms with Gasteiger partial charge in [0.1, 0.15) is 6.04 Å². The number of carbonyl (C=O) groups excluding carboxylic acids is 2. The van der Waals surface area contributed by atoms with Gasteiger partial charge in [0.05, 0.1) is 0 Å². The molecule has 0 aliphatic rings. The molecule has 0 radical (unpaired) electrons. The fraction of sp³-hybridized carbons (Fsp3) is 0.333. The molecule has 0 unspecified atom stereocenters. The van der Waals surface area contributed by atoms with E-state index in [0.717, 1.165) is 28.0 Å². The van der Waals surface area contributed by atoms with E-state index in [4.69, 9.17) is 11.6 Å². The van der Waals surface area contributed by atoms with Crippen LogP contribution in [0.4, 0.5) is 0 Å².